The highest BCUT2D eigenvalue weighted by Crippen LogP contribution is 2.39. The van der Waals surface area contributed by atoms with Gasteiger partial charge in [-0.05, 0) is 62.1 Å². The second kappa shape index (κ2) is 12.1. The number of ether oxygens (including phenoxy) is 1. The van der Waals surface area contributed by atoms with Crippen molar-refractivity contribution in [3.05, 3.63) is 82.6 Å². The van der Waals surface area contributed by atoms with Crippen molar-refractivity contribution in [3.8, 4) is 22.7 Å². The Morgan fingerprint density at radius 2 is 1.87 bits per heavy atom. The predicted octanol–water partition coefficient (Wildman–Crippen LogP) is 5.82. The molecule has 1 aromatic carbocycles. The molecule has 47 heavy (non-hydrogen) atoms. The molecule has 2 bridgehead atoms. The Balaban J connectivity index is 1.70. The van der Waals surface area contributed by atoms with Crippen LogP contribution in [0.5, 0.6) is 5.75 Å². The summed E-state index contributed by atoms with van der Waals surface area (Å²) in [5, 5.41) is 0.136. The smallest absolute Gasteiger partial charge is 0.355 e. The highest BCUT2D eigenvalue weighted by Gasteiger charge is 2.36. The first-order valence-electron chi connectivity index (χ1n) is 15.4. The molecule has 2 aliphatic heterocycles. The highest BCUT2D eigenvalue weighted by molar-refractivity contribution is 5.91. The molecule has 1 amide bonds. The van der Waals surface area contributed by atoms with Crippen LogP contribution in [0.15, 0.2) is 54.0 Å². The number of amides is 1. The number of aryl methyl sites for hydroxylation is 1. The first kappa shape index (κ1) is 32.1. The van der Waals surface area contributed by atoms with E-state index in [4.69, 9.17) is 4.74 Å². The van der Waals surface area contributed by atoms with Gasteiger partial charge in [0.2, 0.25) is 5.91 Å². The van der Waals surface area contributed by atoms with E-state index in [-0.39, 0.29) is 71.7 Å². The lowest BCUT2D eigenvalue weighted by atomic mass is 9.99. The van der Waals surface area contributed by atoms with E-state index < -0.39 is 47.5 Å². The van der Waals surface area contributed by atoms with E-state index >= 15 is 17.6 Å². The van der Waals surface area contributed by atoms with Gasteiger partial charge in [0.25, 0.3) is 5.92 Å². The van der Waals surface area contributed by atoms with Gasteiger partial charge in [-0.2, -0.15) is 4.98 Å². The van der Waals surface area contributed by atoms with Crippen LogP contribution in [0.1, 0.15) is 51.3 Å². The molecule has 5 heterocycles. The summed E-state index contributed by atoms with van der Waals surface area (Å²) in [5.74, 6) is -5.97. The van der Waals surface area contributed by atoms with Crippen molar-refractivity contribution in [2.75, 3.05) is 24.6 Å². The van der Waals surface area contributed by atoms with Crippen LogP contribution in [0.2, 0.25) is 0 Å². The summed E-state index contributed by atoms with van der Waals surface area (Å²) in [5.41, 5.74) is -0.800. The highest BCUT2D eigenvalue weighted by atomic mass is 19.3. The third-order valence-electron chi connectivity index (χ3n) is 8.73. The van der Waals surface area contributed by atoms with Crippen molar-refractivity contribution in [3.63, 3.8) is 0 Å². The molecule has 0 unspecified atom stereocenters. The van der Waals surface area contributed by atoms with Crippen molar-refractivity contribution in [2.45, 2.75) is 64.5 Å². The molecule has 1 saturated heterocycles. The third-order valence-corrected chi connectivity index (χ3v) is 8.73. The number of pyridine rings is 2. The fraction of sp³-hybridized carbons (Fsp3) is 0.382. The maximum Gasteiger partial charge on any atom is 0.355 e. The second-order valence-corrected chi connectivity index (χ2v) is 12.4. The number of alkyl halides is 2. The van der Waals surface area contributed by atoms with Gasteiger partial charge in [-0.25, -0.2) is 31.9 Å². The fourth-order valence-corrected chi connectivity index (χ4v) is 6.37. The number of benzene rings is 1. The molecule has 13 heteroatoms. The van der Waals surface area contributed by atoms with Crippen LogP contribution in [-0.4, -0.2) is 68.0 Å². The molecule has 4 aromatic rings. The molecule has 6 rings (SSSR count). The molecular weight excluding hydrogens is 616 g/mol. The quantitative estimate of drug-likeness (QED) is 0.204. The Hall–Kier alpha value is -4.81. The largest absolute Gasteiger partial charge is 0.486 e. The minimum atomic E-state index is -3.36. The van der Waals surface area contributed by atoms with Gasteiger partial charge in [0, 0.05) is 37.8 Å². The number of fused-ring (bicyclic) bond motifs is 5. The maximum atomic E-state index is 16.3. The molecular formula is C34H34F4N6O3. The number of nitrogens with zero attached hydrogens (tertiary/aromatic N) is 6. The Labute approximate surface area is 268 Å². The monoisotopic (exact) mass is 650 g/mol. The summed E-state index contributed by atoms with van der Waals surface area (Å²) in [6, 6.07) is 5.62. The van der Waals surface area contributed by atoms with Crippen LogP contribution < -0.4 is 15.3 Å². The van der Waals surface area contributed by atoms with Crippen LogP contribution in [0.3, 0.4) is 0 Å². The zero-order chi connectivity index (χ0) is 33.8. The Kier molecular flexibility index (Phi) is 8.27. The van der Waals surface area contributed by atoms with E-state index in [1.807, 2.05) is 32.6 Å². The van der Waals surface area contributed by atoms with Gasteiger partial charge in [-0.1, -0.05) is 26.5 Å². The van der Waals surface area contributed by atoms with Gasteiger partial charge in [0.1, 0.15) is 23.1 Å². The molecule has 0 radical (unpaired) electrons. The van der Waals surface area contributed by atoms with Gasteiger partial charge in [-0.15, -0.1) is 0 Å². The molecule has 0 aliphatic carbocycles. The van der Waals surface area contributed by atoms with Crippen LogP contribution in [-0.2, 0) is 11.2 Å². The average molecular weight is 651 g/mol. The maximum absolute atomic E-state index is 16.3. The number of halogens is 4. The molecule has 0 spiro atoms. The third kappa shape index (κ3) is 5.72. The standard InChI is InChI=1S/C34H34F4N6O3/c1-6-26(45)42-15-20(5)43(16-19(42)4)31-22-14-24(36)29-27-23(35)8-7-9-25(27)47-17-34(37,38)12-10-21-11-13-39-28(18(2)3)30(21)44(32(22)40-29)33(46)41-31/h6-9,11,13-14,18-20H,1,10,12,15-17H2,2-5H3/t19-,20+/m1/s1. The second-order valence-electron chi connectivity index (χ2n) is 12.4. The number of carbonyl (C=O) groups is 1. The van der Waals surface area contributed by atoms with E-state index in [1.165, 1.54) is 29.0 Å². The Morgan fingerprint density at radius 1 is 1.11 bits per heavy atom. The van der Waals surface area contributed by atoms with Crippen LogP contribution in [0.25, 0.3) is 28.0 Å². The minimum absolute atomic E-state index is 0.0581. The van der Waals surface area contributed by atoms with E-state index in [1.54, 1.807) is 11.0 Å². The minimum Gasteiger partial charge on any atom is -0.486 e. The van der Waals surface area contributed by atoms with Gasteiger partial charge in [0.15, 0.2) is 18.1 Å². The summed E-state index contributed by atoms with van der Waals surface area (Å²) in [6.45, 7) is 10.4. The predicted molar refractivity (Wildman–Crippen MR) is 169 cm³/mol. The summed E-state index contributed by atoms with van der Waals surface area (Å²) >= 11 is 0. The summed E-state index contributed by atoms with van der Waals surface area (Å²) in [6.07, 6.45) is 1.91. The molecule has 2 aliphatic rings. The average Bonchev–Trinajstić information content (AvgIpc) is 3.03. The molecule has 1 fully saturated rings. The number of hydrogen-bond acceptors (Lipinski definition) is 7. The van der Waals surface area contributed by atoms with Gasteiger partial charge < -0.3 is 14.5 Å². The van der Waals surface area contributed by atoms with Crippen LogP contribution in [0.4, 0.5) is 23.4 Å². The lowest BCUT2D eigenvalue weighted by Gasteiger charge is -2.44. The summed E-state index contributed by atoms with van der Waals surface area (Å²) in [4.78, 5) is 43.8. The molecule has 3 aromatic heterocycles. The number of piperazine rings is 1. The fourth-order valence-electron chi connectivity index (χ4n) is 6.37. The van der Waals surface area contributed by atoms with Gasteiger partial charge >= 0.3 is 5.69 Å². The zero-order valence-electron chi connectivity index (χ0n) is 26.4. The van der Waals surface area contributed by atoms with Crippen molar-refractivity contribution < 1.29 is 27.1 Å². The van der Waals surface area contributed by atoms with E-state index in [2.05, 4.69) is 21.5 Å². The number of hydrogen-bond donors (Lipinski definition) is 0. The first-order chi connectivity index (χ1) is 22.3. The number of carbonyl (C=O) groups excluding carboxylic acids is 1. The lowest BCUT2D eigenvalue weighted by Crippen LogP contribution is -2.58. The number of rotatable bonds is 3. The topological polar surface area (TPSA) is 93.5 Å². The van der Waals surface area contributed by atoms with E-state index in [9.17, 15) is 9.59 Å². The van der Waals surface area contributed by atoms with Crippen molar-refractivity contribution in [2.24, 2.45) is 0 Å². The van der Waals surface area contributed by atoms with Crippen molar-refractivity contribution in [1.29, 1.82) is 0 Å². The first-order valence-corrected chi connectivity index (χ1v) is 15.4. The SMILES string of the molecule is C=CC(=O)N1C[C@H](C)N(c2nc(=O)n3c4nc(c(F)cc24)-c2c(F)cccc2OCC(F)(F)CCc2ccnc(C(C)C)c2-3)C[C@H]1C. The summed E-state index contributed by atoms with van der Waals surface area (Å²) < 4.78 is 68.8. The number of aromatic nitrogens is 4. The molecule has 246 valence electrons. The Morgan fingerprint density at radius 3 is 2.60 bits per heavy atom. The molecule has 2 atom stereocenters. The van der Waals surface area contributed by atoms with E-state index in [0.29, 0.717) is 11.3 Å². The van der Waals surface area contributed by atoms with Crippen LogP contribution in [0, 0.1) is 11.6 Å². The number of anilines is 1. The van der Waals surface area contributed by atoms with Gasteiger partial charge in [0.05, 0.1) is 22.3 Å². The van der Waals surface area contributed by atoms with Crippen molar-refractivity contribution >= 4 is 22.8 Å². The van der Waals surface area contributed by atoms with E-state index in [0.717, 1.165) is 12.1 Å². The van der Waals surface area contributed by atoms with Gasteiger partial charge in [-0.3, -0.25) is 9.78 Å². The lowest BCUT2D eigenvalue weighted by molar-refractivity contribution is -0.128. The molecule has 0 N–H and O–H groups in total. The summed E-state index contributed by atoms with van der Waals surface area (Å²) in [7, 11) is 0. The van der Waals surface area contributed by atoms with Crippen LogP contribution >= 0.6 is 0 Å². The molecule has 0 saturated carbocycles. The van der Waals surface area contributed by atoms with Crippen molar-refractivity contribution in [1.82, 2.24) is 24.4 Å². The Bertz CT molecular complexity index is 1960. The molecule has 9 nitrogen and oxygen atoms in total. The normalized spacial score (nSPS) is 19.3. The zero-order valence-corrected chi connectivity index (χ0v) is 26.4.